The molecular formula is C11H9NO2. The fourth-order valence-corrected chi connectivity index (χ4v) is 1.19. The van der Waals surface area contributed by atoms with Gasteiger partial charge in [0.15, 0.2) is 5.42 Å². The summed E-state index contributed by atoms with van der Waals surface area (Å²) in [5, 5.41) is 0.499. The number of H-pyrrole nitrogens is 1. The summed E-state index contributed by atoms with van der Waals surface area (Å²) in [7, 11) is 0. The van der Waals surface area contributed by atoms with Crippen LogP contribution in [0.1, 0.15) is 5.56 Å². The Morgan fingerprint density at radius 2 is 2.00 bits per heavy atom. The van der Waals surface area contributed by atoms with E-state index in [1.807, 2.05) is 30.3 Å². The minimum Gasteiger partial charge on any atom is -0.408 e. The molecule has 0 atom stereocenters. The monoisotopic (exact) mass is 187 g/mol. The molecule has 2 aromatic rings. The lowest BCUT2D eigenvalue weighted by Gasteiger charge is -1.87. The highest BCUT2D eigenvalue weighted by molar-refractivity contribution is 5.47. The molecule has 1 aromatic heterocycles. The maximum Gasteiger partial charge on any atom is 0.417 e. The summed E-state index contributed by atoms with van der Waals surface area (Å²) >= 11 is 0. The molecule has 0 amide bonds. The van der Waals surface area contributed by atoms with E-state index in [1.165, 1.54) is 0 Å². The van der Waals surface area contributed by atoms with Crippen LogP contribution in [0.4, 0.5) is 0 Å². The van der Waals surface area contributed by atoms with Crippen LogP contribution in [-0.4, -0.2) is 4.98 Å². The number of oxazole rings is 1. The van der Waals surface area contributed by atoms with E-state index in [0.717, 1.165) is 5.56 Å². The predicted octanol–water partition coefficient (Wildman–Crippen LogP) is 0.207. The highest BCUT2D eigenvalue weighted by Gasteiger charge is 1.91. The Morgan fingerprint density at radius 3 is 2.57 bits per heavy atom. The van der Waals surface area contributed by atoms with Crippen LogP contribution in [-0.2, 0) is 0 Å². The molecule has 0 saturated carbocycles. The number of hydrogen-bond acceptors (Lipinski definition) is 2. The van der Waals surface area contributed by atoms with Crippen molar-refractivity contribution >= 4 is 12.7 Å². The first-order chi connectivity index (χ1) is 6.75. The number of benzene rings is 1. The van der Waals surface area contributed by atoms with Gasteiger partial charge in [0.2, 0.25) is 0 Å². The average Bonchev–Trinajstić information content (AvgIpc) is 2.47. The molecule has 1 heterocycles. The van der Waals surface area contributed by atoms with Crippen LogP contribution in [0, 0.1) is 0 Å². The van der Waals surface area contributed by atoms with Gasteiger partial charge in [-0.2, -0.15) is 0 Å². The quantitative estimate of drug-likeness (QED) is 0.693. The van der Waals surface area contributed by atoms with Crippen molar-refractivity contribution in [2.75, 3.05) is 0 Å². The molecule has 0 aliphatic rings. The van der Waals surface area contributed by atoms with Crippen molar-refractivity contribution in [1.82, 2.24) is 4.98 Å². The normalized spacial score (nSPS) is 11.9. The molecule has 0 radical (unpaired) electrons. The molecule has 1 aromatic carbocycles. The Morgan fingerprint density at radius 1 is 1.29 bits per heavy atom. The Labute approximate surface area is 80.0 Å². The van der Waals surface area contributed by atoms with Gasteiger partial charge in [-0.05, 0) is 11.6 Å². The van der Waals surface area contributed by atoms with Crippen LogP contribution in [0.3, 0.4) is 0 Å². The van der Waals surface area contributed by atoms with Gasteiger partial charge in [-0.3, -0.25) is 4.98 Å². The van der Waals surface area contributed by atoms with Crippen molar-refractivity contribution < 1.29 is 4.42 Å². The minimum absolute atomic E-state index is 0.473. The largest absolute Gasteiger partial charge is 0.417 e. The van der Waals surface area contributed by atoms with E-state index in [0.29, 0.717) is 10.8 Å². The van der Waals surface area contributed by atoms with Crippen molar-refractivity contribution in [1.29, 1.82) is 0 Å². The summed E-state index contributed by atoms with van der Waals surface area (Å²) in [5.74, 6) is -0.475. The van der Waals surface area contributed by atoms with Crippen LogP contribution in [0.2, 0.25) is 0 Å². The van der Waals surface area contributed by atoms with Crippen LogP contribution in [0.15, 0.2) is 39.5 Å². The summed E-state index contributed by atoms with van der Waals surface area (Å²) in [5.41, 5.74) is 1.45. The number of hydrogen-bond donors (Lipinski definition) is 1. The van der Waals surface area contributed by atoms with Crippen molar-refractivity contribution in [3.05, 3.63) is 57.2 Å². The second kappa shape index (κ2) is 3.38. The fourth-order valence-electron chi connectivity index (χ4n) is 1.19. The zero-order valence-corrected chi connectivity index (χ0v) is 7.49. The maximum absolute atomic E-state index is 10.8. The summed E-state index contributed by atoms with van der Waals surface area (Å²) in [6, 6.07) is 9.60. The molecule has 2 rings (SSSR count). The van der Waals surface area contributed by atoms with E-state index in [9.17, 15) is 4.79 Å². The highest BCUT2D eigenvalue weighted by atomic mass is 16.4. The molecule has 1 N–H and O–H groups in total. The van der Waals surface area contributed by atoms with Gasteiger partial charge in [0.25, 0.3) is 0 Å². The first-order valence-electron chi connectivity index (χ1n) is 4.20. The number of aromatic amines is 1. The van der Waals surface area contributed by atoms with Crippen molar-refractivity contribution in [3.63, 3.8) is 0 Å². The third-order valence-electron chi connectivity index (χ3n) is 1.85. The molecule has 3 heteroatoms. The van der Waals surface area contributed by atoms with Gasteiger partial charge in [0.1, 0.15) is 0 Å². The standard InChI is InChI=1S/C11H9NO2/c1-8-10(14-11(13)12-8)7-9-5-3-2-4-6-9/h2-7H,1H2,(H,12,13). The van der Waals surface area contributed by atoms with Crippen molar-refractivity contribution in [2.45, 2.75) is 0 Å². The smallest absolute Gasteiger partial charge is 0.408 e. The van der Waals surface area contributed by atoms with Gasteiger partial charge in [-0.25, -0.2) is 4.79 Å². The van der Waals surface area contributed by atoms with E-state index < -0.39 is 5.76 Å². The maximum atomic E-state index is 10.8. The lowest BCUT2D eigenvalue weighted by atomic mass is 10.2. The fraction of sp³-hybridized carbons (Fsp3) is 0. The summed E-state index contributed by atoms with van der Waals surface area (Å²) < 4.78 is 4.89. The van der Waals surface area contributed by atoms with Crippen molar-refractivity contribution in [3.8, 4) is 0 Å². The van der Waals surface area contributed by atoms with Crippen LogP contribution in [0.5, 0.6) is 0 Å². The Balaban J connectivity index is 2.61. The van der Waals surface area contributed by atoms with Gasteiger partial charge in [-0.15, -0.1) is 0 Å². The lowest BCUT2D eigenvalue weighted by Crippen LogP contribution is -2.20. The van der Waals surface area contributed by atoms with E-state index in [2.05, 4.69) is 11.6 Å². The van der Waals surface area contributed by atoms with Gasteiger partial charge in [-0.1, -0.05) is 36.9 Å². The van der Waals surface area contributed by atoms with Gasteiger partial charge < -0.3 is 4.42 Å². The molecular weight excluding hydrogens is 178 g/mol. The first kappa shape index (κ1) is 8.56. The molecule has 0 fully saturated rings. The molecule has 0 aliphatic heterocycles. The van der Waals surface area contributed by atoms with E-state index in [-0.39, 0.29) is 0 Å². The van der Waals surface area contributed by atoms with Gasteiger partial charge in [0, 0.05) is 0 Å². The Hall–Kier alpha value is -2.03. The summed E-state index contributed by atoms with van der Waals surface area (Å²) in [4.78, 5) is 13.3. The molecule has 0 aliphatic carbocycles. The second-order valence-corrected chi connectivity index (χ2v) is 2.91. The molecule has 0 spiro atoms. The first-order valence-corrected chi connectivity index (χ1v) is 4.20. The second-order valence-electron chi connectivity index (χ2n) is 2.91. The zero-order chi connectivity index (χ0) is 9.97. The number of nitrogens with one attached hydrogen (secondary N) is 1. The molecule has 70 valence electrons. The van der Waals surface area contributed by atoms with Crippen LogP contribution >= 0.6 is 0 Å². The molecule has 0 unspecified atom stereocenters. The SMILES string of the molecule is C=c1[nH]c(=O)oc1=Cc1ccccc1. The molecule has 0 bridgehead atoms. The van der Waals surface area contributed by atoms with Crippen molar-refractivity contribution in [2.24, 2.45) is 0 Å². The summed E-state index contributed by atoms with van der Waals surface area (Å²) in [6.45, 7) is 3.66. The molecule has 14 heavy (non-hydrogen) atoms. The predicted molar refractivity (Wildman–Crippen MR) is 54.1 cm³/mol. The van der Waals surface area contributed by atoms with E-state index >= 15 is 0 Å². The minimum atomic E-state index is -0.475. The zero-order valence-electron chi connectivity index (χ0n) is 7.49. The summed E-state index contributed by atoms with van der Waals surface area (Å²) in [6.07, 6.45) is 1.76. The lowest BCUT2D eigenvalue weighted by molar-refractivity contribution is 0.486. The topological polar surface area (TPSA) is 46.0 Å². The third-order valence-corrected chi connectivity index (χ3v) is 1.85. The van der Waals surface area contributed by atoms with Gasteiger partial charge >= 0.3 is 5.76 Å². The highest BCUT2D eigenvalue weighted by Crippen LogP contribution is 1.97. The van der Waals surface area contributed by atoms with Crippen LogP contribution < -0.4 is 16.5 Å². The number of rotatable bonds is 1. The van der Waals surface area contributed by atoms with Gasteiger partial charge in [0.05, 0.1) is 5.35 Å². The number of aromatic nitrogens is 1. The Kier molecular flexibility index (Phi) is 2.07. The average molecular weight is 187 g/mol. The van der Waals surface area contributed by atoms with Crippen LogP contribution in [0.25, 0.3) is 12.7 Å². The third kappa shape index (κ3) is 1.66. The molecule has 3 nitrogen and oxygen atoms in total. The van der Waals surface area contributed by atoms with E-state index in [1.54, 1.807) is 6.08 Å². The molecule has 0 saturated heterocycles. The van der Waals surface area contributed by atoms with E-state index in [4.69, 9.17) is 4.42 Å². The Bertz CT molecular complexity index is 578.